The number of benzene rings is 2. The van der Waals surface area contributed by atoms with Gasteiger partial charge in [0, 0.05) is 11.3 Å². The molecule has 17 heavy (non-hydrogen) atoms. The number of amides is 1. The maximum absolute atomic E-state index is 13.1. The Kier molecular flexibility index (Phi) is 3.14. The molecule has 0 saturated carbocycles. The smallest absolute Gasteiger partial charge is 0.211 e. The second-order valence-electron chi connectivity index (χ2n) is 3.44. The van der Waals surface area contributed by atoms with Gasteiger partial charge in [-0.15, -0.1) is 0 Å². The molecule has 0 unspecified atom stereocenters. The Morgan fingerprint density at radius 2 is 1.76 bits per heavy atom. The molecule has 0 spiro atoms. The summed E-state index contributed by atoms with van der Waals surface area (Å²) in [5, 5.41) is 2.51. The fourth-order valence-electron chi connectivity index (χ4n) is 1.59. The summed E-state index contributed by atoms with van der Waals surface area (Å²) >= 11 is 0. The summed E-state index contributed by atoms with van der Waals surface area (Å²) in [6, 6.07) is 10.5. The lowest BCUT2D eigenvalue weighted by atomic mass is 10.0. The molecule has 0 fully saturated rings. The zero-order valence-corrected chi connectivity index (χ0v) is 8.78. The van der Waals surface area contributed by atoms with Crippen molar-refractivity contribution in [2.45, 2.75) is 0 Å². The molecule has 2 aromatic carbocycles. The monoisotopic (exact) mass is 233 g/mol. The van der Waals surface area contributed by atoms with Gasteiger partial charge in [-0.3, -0.25) is 4.79 Å². The molecule has 0 aromatic heterocycles. The van der Waals surface area contributed by atoms with Crippen molar-refractivity contribution in [1.82, 2.24) is 0 Å². The molecule has 0 aliphatic rings. The van der Waals surface area contributed by atoms with Crippen LogP contribution in [0.4, 0.5) is 14.5 Å². The molecule has 0 atom stereocenters. The number of hydrogen-bond acceptors (Lipinski definition) is 1. The van der Waals surface area contributed by atoms with E-state index in [1.54, 1.807) is 24.3 Å². The number of nitrogens with one attached hydrogen (secondary N) is 1. The fourth-order valence-corrected chi connectivity index (χ4v) is 1.59. The molecule has 86 valence electrons. The Morgan fingerprint density at radius 3 is 2.47 bits per heavy atom. The van der Waals surface area contributed by atoms with Crippen LogP contribution in [-0.4, -0.2) is 6.41 Å². The Balaban J connectivity index is 2.51. The van der Waals surface area contributed by atoms with E-state index in [2.05, 4.69) is 5.32 Å². The fraction of sp³-hybridized carbons (Fsp3) is 0. The number of carbonyl (C=O) groups excluding carboxylic acids is 1. The van der Waals surface area contributed by atoms with Gasteiger partial charge < -0.3 is 5.32 Å². The van der Waals surface area contributed by atoms with Gasteiger partial charge in [0.25, 0.3) is 0 Å². The first-order chi connectivity index (χ1) is 8.22. The summed E-state index contributed by atoms with van der Waals surface area (Å²) in [5.41, 5.74) is 1.70. The van der Waals surface area contributed by atoms with Crippen LogP contribution in [0.1, 0.15) is 0 Å². The van der Waals surface area contributed by atoms with Crippen molar-refractivity contribution in [2.75, 3.05) is 5.32 Å². The molecule has 0 heterocycles. The molecule has 2 aromatic rings. The predicted octanol–water partition coefficient (Wildman–Crippen LogP) is 3.20. The minimum Gasteiger partial charge on any atom is -0.328 e. The van der Waals surface area contributed by atoms with Crippen molar-refractivity contribution in [1.29, 1.82) is 0 Å². The van der Waals surface area contributed by atoms with Crippen LogP contribution in [0.2, 0.25) is 0 Å². The van der Waals surface area contributed by atoms with Gasteiger partial charge in [0.05, 0.1) is 0 Å². The lowest BCUT2D eigenvalue weighted by molar-refractivity contribution is -0.105. The summed E-state index contributed by atoms with van der Waals surface area (Å²) in [6.45, 7) is 0. The quantitative estimate of drug-likeness (QED) is 0.810. The third-order valence-corrected chi connectivity index (χ3v) is 2.37. The van der Waals surface area contributed by atoms with Crippen LogP contribution in [0.25, 0.3) is 11.1 Å². The molecule has 0 aliphatic carbocycles. The van der Waals surface area contributed by atoms with Crippen LogP contribution >= 0.6 is 0 Å². The molecule has 2 nitrogen and oxygen atoms in total. The summed E-state index contributed by atoms with van der Waals surface area (Å²) in [6.07, 6.45) is 0.540. The summed E-state index contributed by atoms with van der Waals surface area (Å²) < 4.78 is 25.9. The zero-order chi connectivity index (χ0) is 12.3. The van der Waals surface area contributed by atoms with Crippen molar-refractivity contribution in [3.05, 3.63) is 54.1 Å². The first-order valence-electron chi connectivity index (χ1n) is 4.97. The predicted molar refractivity (Wildman–Crippen MR) is 61.5 cm³/mol. The number of anilines is 1. The van der Waals surface area contributed by atoms with Crippen LogP contribution in [0.5, 0.6) is 0 Å². The van der Waals surface area contributed by atoms with Crippen molar-refractivity contribution >= 4 is 12.1 Å². The van der Waals surface area contributed by atoms with Gasteiger partial charge in [0.15, 0.2) is 11.6 Å². The Hall–Kier alpha value is -2.23. The average Bonchev–Trinajstić information content (AvgIpc) is 2.34. The lowest BCUT2D eigenvalue weighted by Gasteiger charge is -2.08. The van der Waals surface area contributed by atoms with Crippen LogP contribution in [0.3, 0.4) is 0 Å². The highest BCUT2D eigenvalue weighted by Crippen LogP contribution is 2.28. The zero-order valence-electron chi connectivity index (χ0n) is 8.78. The summed E-state index contributed by atoms with van der Waals surface area (Å²) in [4.78, 5) is 10.4. The number of carbonyl (C=O) groups is 1. The SMILES string of the molecule is O=CNc1ccccc1-c1ccc(F)c(F)c1. The maximum Gasteiger partial charge on any atom is 0.211 e. The van der Waals surface area contributed by atoms with Crippen molar-refractivity contribution in [3.8, 4) is 11.1 Å². The summed E-state index contributed by atoms with van der Waals surface area (Å²) in [5.74, 6) is -1.81. The van der Waals surface area contributed by atoms with E-state index in [1.807, 2.05) is 0 Å². The van der Waals surface area contributed by atoms with Gasteiger partial charge >= 0.3 is 0 Å². The number of hydrogen-bond donors (Lipinski definition) is 1. The number of halogens is 2. The topological polar surface area (TPSA) is 29.1 Å². The van der Waals surface area contributed by atoms with E-state index >= 15 is 0 Å². The molecular weight excluding hydrogens is 224 g/mol. The highest BCUT2D eigenvalue weighted by Gasteiger charge is 2.07. The van der Waals surface area contributed by atoms with Gasteiger partial charge in [-0.2, -0.15) is 0 Å². The van der Waals surface area contributed by atoms with E-state index in [9.17, 15) is 13.6 Å². The van der Waals surface area contributed by atoms with E-state index < -0.39 is 11.6 Å². The van der Waals surface area contributed by atoms with E-state index in [0.717, 1.165) is 12.1 Å². The molecule has 0 radical (unpaired) electrons. The van der Waals surface area contributed by atoms with Crippen LogP contribution < -0.4 is 5.32 Å². The van der Waals surface area contributed by atoms with Gasteiger partial charge in [-0.05, 0) is 23.8 Å². The minimum atomic E-state index is -0.914. The second kappa shape index (κ2) is 4.74. The number of rotatable bonds is 3. The van der Waals surface area contributed by atoms with E-state index in [-0.39, 0.29) is 0 Å². The van der Waals surface area contributed by atoms with Gasteiger partial charge in [-0.1, -0.05) is 24.3 Å². The minimum absolute atomic E-state index is 0.508. The average molecular weight is 233 g/mol. The second-order valence-corrected chi connectivity index (χ2v) is 3.44. The largest absolute Gasteiger partial charge is 0.328 e. The van der Waals surface area contributed by atoms with E-state index in [1.165, 1.54) is 6.07 Å². The molecule has 0 aliphatic heterocycles. The van der Waals surface area contributed by atoms with Gasteiger partial charge in [-0.25, -0.2) is 8.78 Å². The molecule has 4 heteroatoms. The van der Waals surface area contributed by atoms with Gasteiger partial charge in [0.1, 0.15) is 0 Å². The Bertz CT molecular complexity index is 555. The van der Waals surface area contributed by atoms with Crippen LogP contribution in [0, 0.1) is 11.6 Å². The highest BCUT2D eigenvalue weighted by molar-refractivity contribution is 5.84. The van der Waals surface area contributed by atoms with E-state index in [0.29, 0.717) is 23.2 Å². The van der Waals surface area contributed by atoms with Crippen LogP contribution in [-0.2, 0) is 4.79 Å². The molecule has 1 N–H and O–H groups in total. The summed E-state index contributed by atoms with van der Waals surface area (Å²) in [7, 11) is 0. The van der Waals surface area contributed by atoms with Gasteiger partial charge in [0.2, 0.25) is 6.41 Å². The standard InChI is InChI=1S/C13H9F2NO/c14-11-6-5-9(7-12(11)15)10-3-1-2-4-13(10)16-8-17/h1-8H,(H,16,17). The Morgan fingerprint density at radius 1 is 1.00 bits per heavy atom. The third-order valence-electron chi connectivity index (χ3n) is 2.37. The lowest BCUT2D eigenvalue weighted by Crippen LogP contribution is -1.96. The number of para-hydroxylation sites is 1. The molecule has 0 bridgehead atoms. The normalized spacial score (nSPS) is 10.0. The van der Waals surface area contributed by atoms with Crippen molar-refractivity contribution in [3.63, 3.8) is 0 Å². The molecule has 0 saturated heterocycles. The van der Waals surface area contributed by atoms with Crippen molar-refractivity contribution in [2.24, 2.45) is 0 Å². The van der Waals surface area contributed by atoms with E-state index in [4.69, 9.17) is 0 Å². The van der Waals surface area contributed by atoms with Crippen LogP contribution in [0.15, 0.2) is 42.5 Å². The first-order valence-corrected chi connectivity index (χ1v) is 4.97. The first kappa shape index (κ1) is 11.3. The molecule has 2 rings (SSSR count). The maximum atomic E-state index is 13.1. The Labute approximate surface area is 96.9 Å². The molecule has 1 amide bonds. The highest BCUT2D eigenvalue weighted by atomic mass is 19.2. The third kappa shape index (κ3) is 2.30. The van der Waals surface area contributed by atoms with Crippen molar-refractivity contribution < 1.29 is 13.6 Å². The molecular formula is C13H9F2NO.